The molecule has 24 heavy (non-hydrogen) atoms. The number of halogens is 1. The van der Waals surface area contributed by atoms with Gasteiger partial charge in [0, 0.05) is 19.1 Å². The number of hydrogen-bond donors (Lipinski definition) is 1. The summed E-state index contributed by atoms with van der Waals surface area (Å²) in [5.41, 5.74) is 1.24. The van der Waals surface area contributed by atoms with Crippen molar-refractivity contribution in [1.29, 1.82) is 0 Å². The average Bonchev–Trinajstić information content (AvgIpc) is 2.96. The second-order valence-corrected chi connectivity index (χ2v) is 7.52. The van der Waals surface area contributed by atoms with Crippen LogP contribution in [0.25, 0.3) is 0 Å². The highest BCUT2D eigenvalue weighted by Crippen LogP contribution is 2.31. The minimum atomic E-state index is -0.482. The molecule has 1 aromatic carbocycles. The van der Waals surface area contributed by atoms with Gasteiger partial charge in [-0.1, -0.05) is 19.1 Å². The van der Waals surface area contributed by atoms with E-state index in [1.807, 2.05) is 32.9 Å². The third-order valence-electron chi connectivity index (χ3n) is 4.31. The molecule has 1 amide bonds. The zero-order valence-electron chi connectivity index (χ0n) is 15.4. The molecule has 1 fully saturated rings. The van der Waals surface area contributed by atoms with Crippen molar-refractivity contribution >= 4 is 6.09 Å². The van der Waals surface area contributed by atoms with E-state index in [-0.39, 0.29) is 18.0 Å². The molecule has 2 unspecified atom stereocenters. The van der Waals surface area contributed by atoms with Gasteiger partial charge in [-0.15, -0.1) is 0 Å². The minimum Gasteiger partial charge on any atom is -0.444 e. The molecule has 2 atom stereocenters. The van der Waals surface area contributed by atoms with Gasteiger partial charge in [-0.05, 0) is 63.8 Å². The summed E-state index contributed by atoms with van der Waals surface area (Å²) in [6.07, 6.45) is 0.656. The summed E-state index contributed by atoms with van der Waals surface area (Å²) in [4.78, 5) is 14.0. The maximum absolute atomic E-state index is 13.6. The van der Waals surface area contributed by atoms with Gasteiger partial charge in [-0.2, -0.15) is 0 Å². The second-order valence-electron chi connectivity index (χ2n) is 7.52. The summed E-state index contributed by atoms with van der Waals surface area (Å²) < 4.78 is 19.0. The smallest absolute Gasteiger partial charge is 0.410 e. The van der Waals surface area contributed by atoms with Crippen LogP contribution < -0.4 is 5.32 Å². The molecule has 134 valence electrons. The zero-order chi connectivity index (χ0) is 17.9. The van der Waals surface area contributed by atoms with Crippen molar-refractivity contribution < 1.29 is 13.9 Å². The van der Waals surface area contributed by atoms with Gasteiger partial charge in [-0.3, -0.25) is 0 Å². The molecule has 1 saturated heterocycles. The Morgan fingerprint density at radius 1 is 1.46 bits per heavy atom. The summed E-state index contributed by atoms with van der Waals surface area (Å²) in [5.74, 6) is 0.109. The molecule has 0 spiro atoms. The van der Waals surface area contributed by atoms with Gasteiger partial charge in [0.25, 0.3) is 0 Å². The van der Waals surface area contributed by atoms with Gasteiger partial charge in [0.05, 0.1) is 0 Å². The number of carbonyl (C=O) groups is 1. The van der Waals surface area contributed by atoms with Gasteiger partial charge in [0.1, 0.15) is 11.4 Å². The molecule has 1 aliphatic rings. The number of nitrogens with one attached hydrogen (secondary N) is 1. The van der Waals surface area contributed by atoms with E-state index in [9.17, 15) is 9.18 Å². The third-order valence-corrected chi connectivity index (χ3v) is 4.31. The SMILES string of the molecule is CCNC(c1ccc(F)c(C)c1)C1CCN(C(=O)OC(C)(C)C)C1. The molecule has 0 aromatic heterocycles. The van der Waals surface area contributed by atoms with Gasteiger partial charge >= 0.3 is 6.09 Å². The monoisotopic (exact) mass is 336 g/mol. The summed E-state index contributed by atoms with van der Waals surface area (Å²) in [6.45, 7) is 11.6. The van der Waals surface area contributed by atoms with E-state index in [4.69, 9.17) is 4.74 Å². The molecule has 0 saturated carbocycles. The van der Waals surface area contributed by atoms with Crippen molar-refractivity contribution in [3.63, 3.8) is 0 Å². The topological polar surface area (TPSA) is 41.6 Å². The Labute approximate surface area is 144 Å². The van der Waals surface area contributed by atoms with E-state index in [1.54, 1.807) is 11.8 Å². The standard InChI is InChI=1S/C19H29FN2O2/c1-6-21-17(14-7-8-16(20)13(2)11-14)15-9-10-22(12-15)18(23)24-19(3,4)5/h7-8,11,15,17,21H,6,9-10,12H2,1-5H3. The lowest BCUT2D eigenvalue weighted by atomic mass is 9.91. The van der Waals surface area contributed by atoms with Crippen molar-refractivity contribution in [2.45, 2.75) is 52.7 Å². The fourth-order valence-electron chi connectivity index (χ4n) is 3.19. The van der Waals surface area contributed by atoms with Crippen LogP contribution in [-0.2, 0) is 4.74 Å². The molecule has 4 nitrogen and oxygen atoms in total. The highest BCUT2D eigenvalue weighted by molar-refractivity contribution is 5.68. The van der Waals surface area contributed by atoms with E-state index < -0.39 is 5.60 Å². The Bertz CT molecular complexity index is 583. The number of likely N-dealkylation sites (tertiary alicyclic amines) is 1. The fraction of sp³-hybridized carbons (Fsp3) is 0.632. The third kappa shape index (κ3) is 4.69. The number of hydrogen-bond acceptors (Lipinski definition) is 3. The van der Waals surface area contributed by atoms with E-state index in [0.717, 1.165) is 18.5 Å². The molecule has 1 aliphatic heterocycles. The average molecular weight is 336 g/mol. The molecule has 5 heteroatoms. The fourth-order valence-corrected chi connectivity index (χ4v) is 3.19. The quantitative estimate of drug-likeness (QED) is 0.902. The van der Waals surface area contributed by atoms with Crippen LogP contribution in [0.3, 0.4) is 0 Å². The molecule has 0 bridgehead atoms. The Kier molecular flexibility index (Phi) is 5.86. The first kappa shape index (κ1) is 18.7. The molecule has 0 radical (unpaired) electrons. The van der Waals surface area contributed by atoms with Gasteiger partial charge in [0.2, 0.25) is 0 Å². The minimum absolute atomic E-state index is 0.113. The Balaban J connectivity index is 2.10. The van der Waals surface area contributed by atoms with Crippen molar-refractivity contribution in [3.8, 4) is 0 Å². The first-order chi connectivity index (χ1) is 11.2. The summed E-state index contributed by atoms with van der Waals surface area (Å²) in [7, 11) is 0. The van der Waals surface area contributed by atoms with E-state index in [0.29, 0.717) is 24.6 Å². The van der Waals surface area contributed by atoms with E-state index in [2.05, 4.69) is 12.2 Å². The van der Waals surface area contributed by atoms with Crippen molar-refractivity contribution in [1.82, 2.24) is 10.2 Å². The Morgan fingerprint density at radius 2 is 2.17 bits per heavy atom. The van der Waals surface area contributed by atoms with Gasteiger partial charge in [-0.25, -0.2) is 9.18 Å². The number of aryl methyl sites for hydroxylation is 1. The molecule has 1 N–H and O–H groups in total. The van der Waals surface area contributed by atoms with Crippen LogP contribution in [0.1, 0.15) is 51.3 Å². The van der Waals surface area contributed by atoms with Crippen LogP contribution in [0.2, 0.25) is 0 Å². The normalized spacial score (nSPS) is 19.4. The van der Waals surface area contributed by atoms with Crippen LogP contribution >= 0.6 is 0 Å². The maximum Gasteiger partial charge on any atom is 0.410 e. The molecular formula is C19H29FN2O2. The summed E-state index contributed by atoms with van der Waals surface area (Å²) in [6, 6.07) is 5.38. The second kappa shape index (κ2) is 7.51. The first-order valence-corrected chi connectivity index (χ1v) is 8.68. The molecule has 0 aliphatic carbocycles. The first-order valence-electron chi connectivity index (χ1n) is 8.68. The highest BCUT2D eigenvalue weighted by Gasteiger charge is 2.34. The lowest BCUT2D eigenvalue weighted by Gasteiger charge is -2.27. The van der Waals surface area contributed by atoms with E-state index >= 15 is 0 Å². The molecular weight excluding hydrogens is 307 g/mol. The number of amides is 1. The summed E-state index contributed by atoms with van der Waals surface area (Å²) in [5, 5.41) is 3.49. The van der Waals surface area contributed by atoms with Crippen LogP contribution in [0, 0.1) is 18.7 Å². The van der Waals surface area contributed by atoms with Crippen LogP contribution in [0.4, 0.5) is 9.18 Å². The number of ether oxygens (including phenoxy) is 1. The van der Waals surface area contributed by atoms with Crippen molar-refractivity contribution in [3.05, 3.63) is 35.1 Å². The molecule has 2 rings (SSSR count). The van der Waals surface area contributed by atoms with Gasteiger partial charge < -0.3 is 15.0 Å². The predicted molar refractivity (Wildman–Crippen MR) is 93.5 cm³/mol. The molecule has 1 aromatic rings. The van der Waals surface area contributed by atoms with Crippen LogP contribution in [-0.4, -0.2) is 36.2 Å². The van der Waals surface area contributed by atoms with Crippen LogP contribution in [0.15, 0.2) is 18.2 Å². The lowest BCUT2D eigenvalue weighted by Crippen LogP contribution is -2.36. The van der Waals surface area contributed by atoms with Crippen molar-refractivity contribution in [2.75, 3.05) is 19.6 Å². The zero-order valence-corrected chi connectivity index (χ0v) is 15.4. The van der Waals surface area contributed by atoms with E-state index in [1.165, 1.54) is 6.07 Å². The predicted octanol–water partition coefficient (Wildman–Crippen LogP) is 4.04. The van der Waals surface area contributed by atoms with Crippen LogP contribution in [0.5, 0.6) is 0 Å². The largest absolute Gasteiger partial charge is 0.444 e. The van der Waals surface area contributed by atoms with Crippen molar-refractivity contribution in [2.24, 2.45) is 5.92 Å². The summed E-state index contributed by atoms with van der Waals surface area (Å²) >= 11 is 0. The highest BCUT2D eigenvalue weighted by atomic mass is 19.1. The number of benzene rings is 1. The Hall–Kier alpha value is -1.62. The Morgan fingerprint density at radius 3 is 2.75 bits per heavy atom. The molecule has 1 heterocycles. The maximum atomic E-state index is 13.6. The van der Waals surface area contributed by atoms with Gasteiger partial charge in [0.15, 0.2) is 0 Å². The number of nitrogens with zero attached hydrogens (tertiary/aromatic N) is 1. The lowest BCUT2D eigenvalue weighted by molar-refractivity contribution is 0.0285. The number of carbonyl (C=O) groups excluding carboxylic acids is 1. The number of rotatable bonds is 4.